The number of H-pyrrole nitrogens is 1. The van der Waals surface area contributed by atoms with E-state index in [1.165, 1.54) is 24.1 Å². The van der Waals surface area contributed by atoms with Crippen LogP contribution in [0.25, 0.3) is 0 Å². The Morgan fingerprint density at radius 2 is 1.62 bits per heavy atom. The van der Waals surface area contributed by atoms with Gasteiger partial charge in [0.15, 0.2) is 0 Å². The van der Waals surface area contributed by atoms with Gasteiger partial charge in [0.2, 0.25) is 0 Å². The van der Waals surface area contributed by atoms with Crippen molar-refractivity contribution in [1.29, 1.82) is 0 Å². The van der Waals surface area contributed by atoms with Crippen molar-refractivity contribution in [2.45, 2.75) is 86.6 Å². The van der Waals surface area contributed by atoms with E-state index in [0.717, 1.165) is 52.4 Å². The molecule has 1 saturated carbocycles. The van der Waals surface area contributed by atoms with Crippen molar-refractivity contribution in [2.75, 3.05) is 40.0 Å². The van der Waals surface area contributed by atoms with E-state index in [0.29, 0.717) is 29.6 Å². The lowest BCUT2D eigenvalue weighted by Gasteiger charge is -2.48. The Morgan fingerprint density at radius 3 is 2.12 bits per heavy atom. The number of nitrogens with one attached hydrogen (secondary N) is 1. The standard InChI is InChI=1S/C27H51N3O2/c1-9-10-11-30(8)15-23-14-28-29-26(23)22-12-24(18-31-16-20(2)3)27(6,7)25(13-22)19-32-17-21(4)5/h14,20-22,24-25H,9-13,15-19H2,1-8H3,(H,28,29). The number of rotatable bonds is 14. The number of unbranched alkanes of at least 4 members (excludes halogenated alkanes) is 1. The van der Waals surface area contributed by atoms with Crippen molar-refractivity contribution in [2.24, 2.45) is 29.1 Å². The maximum absolute atomic E-state index is 6.19. The Kier molecular flexibility index (Phi) is 11.2. The van der Waals surface area contributed by atoms with Crippen LogP contribution in [0.2, 0.25) is 0 Å². The van der Waals surface area contributed by atoms with Gasteiger partial charge in [-0.05, 0) is 61.9 Å². The Bertz CT molecular complexity index is 615. The lowest BCUT2D eigenvalue weighted by atomic mass is 9.59. The van der Waals surface area contributed by atoms with E-state index in [1.807, 2.05) is 6.20 Å². The highest BCUT2D eigenvalue weighted by atomic mass is 16.5. The Labute approximate surface area is 198 Å². The second kappa shape index (κ2) is 13.1. The molecule has 32 heavy (non-hydrogen) atoms. The molecule has 0 spiro atoms. The van der Waals surface area contributed by atoms with Crippen LogP contribution in [0.15, 0.2) is 6.20 Å². The van der Waals surface area contributed by atoms with Gasteiger partial charge in [-0.25, -0.2) is 0 Å². The van der Waals surface area contributed by atoms with Gasteiger partial charge in [0, 0.05) is 50.1 Å². The predicted molar refractivity (Wildman–Crippen MR) is 134 cm³/mol. The molecule has 2 rings (SSSR count). The van der Waals surface area contributed by atoms with E-state index in [2.05, 4.69) is 70.6 Å². The molecule has 1 fully saturated rings. The average molecular weight is 450 g/mol. The number of aromatic nitrogens is 2. The summed E-state index contributed by atoms with van der Waals surface area (Å²) in [6.45, 7) is 21.5. The monoisotopic (exact) mass is 449 g/mol. The third kappa shape index (κ3) is 8.14. The van der Waals surface area contributed by atoms with Crippen molar-refractivity contribution < 1.29 is 9.47 Å². The van der Waals surface area contributed by atoms with Crippen LogP contribution in [0.4, 0.5) is 0 Å². The van der Waals surface area contributed by atoms with Gasteiger partial charge in [0.1, 0.15) is 0 Å². The molecule has 1 N–H and O–H groups in total. The first-order valence-electron chi connectivity index (χ1n) is 13.0. The third-order valence-corrected chi connectivity index (χ3v) is 7.28. The van der Waals surface area contributed by atoms with E-state index >= 15 is 0 Å². The molecule has 0 aliphatic heterocycles. The molecule has 1 aliphatic rings. The molecule has 0 bridgehead atoms. The van der Waals surface area contributed by atoms with Gasteiger partial charge in [-0.2, -0.15) is 5.10 Å². The smallest absolute Gasteiger partial charge is 0.0535 e. The van der Waals surface area contributed by atoms with E-state index in [1.54, 1.807) is 0 Å². The van der Waals surface area contributed by atoms with Crippen LogP contribution in [0.1, 0.15) is 91.3 Å². The van der Waals surface area contributed by atoms with Crippen LogP contribution in [0.3, 0.4) is 0 Å². The van der Waals surface area contributed by atoms with Crippen molar-refractivity contribution in [3.8, 4) is 0 Å². The average Bonchev–Trinajstić information content (AvgIpc) is 3.16. The summed E-state index contributed by atoms with van der Waals surface area (Å²) >= 11 is 0. The molecule has 0 radical (unpaired) electrons. The van der Waals surface area contributed by atoms with Crippen molar-refractivity contribution in [3.63, 3.8) is 0 Å². The maximum Gasteiger partial charge on any atom is 0.0535 e. The maximum atomic E-state index is 6.19. The lowest BCUT2D eigenvalue weighted by Crippen LogP contribution is -2.43. The summed E-state index contributed by atoms with van der Waals surface area (Å²) in [5.74, 6) is 2.66. The first-order chi connectivity index (χ1) is 15.1. The molecule has 1 aromatic rings. The van der Waals surface area contributed by atoms with E-state index in [-0.39, 0.29) is 5.41 Å². The topological polar surface area (TPSA) is 50.4 Å². The van der Waals surface area contributed by atoms with Crippen molar-refractivity contribution >= 4 is 0 Å². The number of hydrogen-bond acceptors (Lipinski definition) is 4. The zero-order chi connectivity index (χ0) is 23.7. The number of ether oxygens (including phenoxy) is 2. The minimum atomic E-state index is 0.197. The largest absolute Gasteiger partial charge is 0.381 e. The van der Waals surface area contributed by atoms with Gasteiger partial charge < -0.3 is 14.4 Å². The van der Waals surface area contributed by atoms with Gasteiger partial charge in [-0.1, -0.05) is 54.9 Å². The van der Waals surface area contributed by atoms with Crippen LogP contribution < -0.4 is 0 Å². The molecule has 2 unspecified atom stereocenters. The highest BCUT2D eigenvalue weighted by molar-refractivity contribution is 5.22. The first-order valence-corrected chi connectivity index (χ1v) is 13.0. The zero-order valence-corrected chi connectivity index (χ0v) is 22.2. The molecule has 0 aromatic carbocycles. The highest BCUT2D eigenvalue weighted by Crippen LogP contribution is 2.50. The molecule has 0 saturated heterocycles. The fourth-order valence-electron chi connectivity index (χ4n) is 5.02. The van der Waals surface area contributed by atoms with E-state index in [9.17, 15) is 0 Å². The first kappa shape index (κ1) is 27.3. The summed E-state index contributed by atoms with van der Waals surface area (Å²) in [5.41, 5.74) is 2.89. The fourth-order valence-corrected chi connectivity index (χ4v) is 5.02. The molecule has 1 heterocycles. The summed E-state index contributed by atoms with van der Waals surface area (Å²) in [5, 5.41) is 7.87. The van der Waals surface area contributed by atoms with Crippen LogP contribution in [-0.2, 0) is 16.0 Å². The van der Waals surface area contributed by atoms with Gasteiger partial charge in [0.25, 0.3) is 0 Å². The van der Waals surface area contributed by atoms with Crippen molar-refractivity contribution in [1.82, 2.24) is 15.1 Å². The van der Waals surface area contributed by atoms with Crippen molar-refractivity contribution in [3.05, 3.63) is 17.5 Å². The van der Waals surface area contributed by atoms with Gasteiger partial charge in [0.05, 0.1) is 6.20 Å². The highest BCUT2D eigenvalue weighted by Gasteiger charge is 2.45. The third-order valence-electron chi connectivity index (χ3n) is 7.28. The van der Waals surface area contributed by atoms with E-state index < -0.39 is 0 Å². The summed E-state index contributed by atoms with van der Waals surface area (Å²) in [7, 11) is 2.22. The molecule has 186 valence electrons. The molecular weight excluding hydrogens is 398 g/mol. The zero-order valence-electron chi connectivity index (χ0n) is 22.2. The predicted octanol–water partition coefficient (Wildman–Crippen LogP) is 6.12. The van der Waals surface area contributed by atoms with Crippen LogP contribution in [-0.4, -0.2) is 55.1 Å². The SMILES string of the molecule is CCCCN(C)Cc1cn[nH]c1C1CC(COCC(C)C)C(C)(C)C(COCC(C)C)C1. The Hall–Kier alpha value is -0.910. The fraction of sp³-hybridized carbons (Fsp3) is 0.889. The second-order valence-electron chi connectivity index (χ2n) is 11.6. The van der Waals surface area contributed by atoms with Crippen LogP contribution in [0, 0.1) is 29.1 Å². The second-order valence-corrected chi connectivity index (χ2v) is 11.6. The van der Waals surface area contributed by atoms with Gasteiger partial charge in [-0.3, -0.25) is 5.10 Å². The van der Waals surface area contributed by atoms with Gasteiger partial charge in [-0.15, -0.1) is 0 Å². The normalized spacial score (nSPS) is 23.5. The van der Waals surface area contributed by atoms with E-state index in [4.69, 9.17) is 9.47 Å². The summed E-state index contributed by atoms with van der Waals surface area (Å²) in [4.78, 5) is 2.43. The minimum Gasteiger partial charge on any atom is -0.381 e. The summed E-state index contributed by atoms with van der Waals surface area (Å²) in [6, 6.07) is 0. The minimum absolute atomic E-state index is 0.197. The Balaban J connectivity index is 2.16. The summed E-state index contributed by atoms with van der Waals surface area (Å²) in [6.07, 6.45) is 6.83. The number of nitrogens with zero attached hydrogens (tertiary/aromatic N) is 2. The molecule has 2 atom stereocenters. The number of hydrogen-bond donors (Lipinski definition) is 1. The molecule has 1 aromatic heterocycles. The molecular formula is C27H51N3O2. The molecule has 0 amide bonds. The van der Waals surface area contributed by atoms with Crippen LogP contribution >= 0.6 is 0 Å². The molecule has 5 heteroatoms. The van der Waals surface area contributed by atoms with Gasteiger partial charge >= 0.3 is 0 Å². The quantitative estimate of drug-likeness (QED) is 0.371. The lowest BCUT2D eigenvalue weighted by molar-refractivity contribution is -0.0565. The molecule has 5 nitrogen and oxygen atoms in total. The molecule has 1 aliphatic carbocycles. The Morgan fingerprint density at radius 1 is 1.06 bits per heavy atom. The summed E-state index contributed by atoms with van der Waals surface area (Å²) < 4.78 is 12.4. The van der Waals surface area contributed by atoms with Crippen LogP contribution in [0.5, 0.6) is 0 Å². The number of aromatic amines is 1.